The predicted molar refractivity (Wildman–Crippen MR) is 169 cm³/mol. The number of hydrogen-bond acceptors (Lipinski definition) is 7. The van der Waals surface area contributed by atoms with E-state index in [0.29, 0.717) is 46.0 Å². The number of amides is 2. The lowest BCUT2D eigenvalue weighted by atomic mass is 9.69. The summed E-state index contributed by atoms with van der Waals surface area (Å²) in [5.74, 6) is -0.426. The molecule has 2 aromatic carbocycles. The fraction of sp³-hybridized carbons (Fsp3) is 0.375. The van der Waals surface area contributed by atoms with Gasteiger partial charge >= 0.3 is 5.91 Å². The normalized spacial score (nSPS) is 23.3. The molecular formula is C32H36Cl2N7O3+. The number of hydrogen-bond donors (Lipinski definition) is 3. The second-order valence-corrected chi connectivity index (χ2v) is 12.6. The number of nitrogens with zero attached hydrogens (tertiary/aromatic N) is 4. The molecule has 2 saturated heterocycles. The van der Waals surface area contributed by atoms with E-state index >= 15 is 4.79 Å². The van der Waals surface area contributed by atoms with Gasteiger partial charge in [0.2, 0.25) is 0 Å². The maximum Gasteiger partial charge on any atom is 0.344 e. The zero-order valence-electron chi connectivity index (χ0n) is 24.7. The van der Waals surface area contributed by atoms with E-state index in [1.54, 1.807) is 16.8 Å². The Labute approximate surface area is 266 Å². The van der Waals surface area contributed by atoms with Crippen LogP contribution in [0.4, 0.5) is 0 Å². The smallest absolute Gasteiger partial charge is 0.344 e. The first-order valence-corrected chi connectivity index (χ1v) is 15.5. The fourth-order valence-electron chi connectivity index (χ4n) is 6.96. The molecule has 3 aromatic rings. The number of piperidine rings is 1. The Morgan fingerprint density at radius 2 is 1.77 bits per heavy atom. The molecule has 6 rings (SSSR count). The van der Waals surface area contributed by atoms with E-state index in [4.69, 9.17) is 43.8 Å². The average molecular weight is 638 g/mol. The molecule has 0 radical (unpaired) electrons. The van der Waals surface area contributed by atoms with Crippen molar-refractivity contribution in [2.75, 3.05) is 19.8 Å². The van der Waals surface area contributed by atoms with Crippen LogP contribution >= 0.6 is 23.2 Å². The first kappa shape index (κ1) is 30.3. The summed E-state index contributed by atoms with van der Waals surface area (Å²) >= 11 is 14.0. The summed E-state index contributed by atoms with van der Waals surface area (Å²) in [7, 11) is 1.84. The lowest BCUT2D eigenvalue weighted by Crippen LogP contribution is -2.73. The summed E-state index contributed by atoms with van der Waals surface area (Å²) in [6, 6.07) is 16.0. The van der Waals surface area contributed by atoms with Crippen molar-refractivity contribution in [1.29, 1.82) is 0 Å². The topological polar surface area (TPSA) is 124 Å². The van der Waals surface area contributed by atoms with Gasteiger partial charge in [-0.05, 0) is 43.5 Å². The van der Waals surface area contributed by atoms with Crippen molar-refractivity contribution >= 4 is 41.0 Å². The van der Waals surface area contributed by atoms with E-state index < -0.39 is 22.0 Å². The van der Waals surface area contributed by atoms with Crippen molar-refractivity contribution in [1.82, 2.24) is 20.4 Å². The number of fused-ring (bicyclic) bond motifs is 1. The molecule has 2 unspecified atom stereocenters. The van der Waals surface area contributed by atoms with Crippen molar-refractivity contribution in [2.45, 2.75) is 50.4 Å². The Balaban J connectivity index is 1.61. The largest absolute Gasteiger partial charge is 0.381 e. The molecule has 3 aliphatic heterocycles. The highest BCUT2D eigenvalue weighted by atomic mass is 35.5. The molecule has 2 fully saturated rings. The van der Waals surface area contributed by atoms with Crippen LogP contribution in [0, 0.1) is 6.92 Å². The monoisotopic (exact) mass is 636 g/mol. The van der Waals surface area contributed by atoms with E-state index in [1.807, 2.05) is 62.6 Å². The van der Waals surface area contributed by atoms with Gasteiger partial charge in [-0.15, -0.1) is 0 Å². The SMILES string of the molecule is Cc1cc(C[N+]2(CC(N)=O)C(=O)C3N=C(NC4CCOCC4)NC=C3CC2(c2ccccc2Cl)c2ccccc2Cl)nn1C. The van der Waals surface area contributed by atoms with Gasteiger partial charge < -0.3 is 21.1 Å². The maximum atomic E-state index is 15.4. The van der Waals surface area contributed by atoms with Gasteiger partial charge in [-0.1, -0.05) is 59.6 Å². The van der Waals surface area contributed by atoms with Crippen LogP contribution in [0.15, 0.2) is 71.4 Å². The van der Waals surface area contributed by atoms with Crippen LogP contribution in [-0.4, -0.2) is 63.9 Å². The van der Waals surface area contributed by atoms with Gasteiger partial charge in [0.05, 0.1) is 10.0 Å². The number of aliphatic imine (C=N–C) groups is 1. The van der Waals surface area contributed by atoms with Crippen LogP contribution in [0.1, 0.15) is 41.8 Å². The number of aromatic nitrogens is 2. The maximum absolute atomic E-state index is 15.4. The van der Waals surface area contributed by atoms with E-state index in [0.717, 1.165) is 24.1 Å². The van der Waals surface area contributed by atoms with Crippen molar-refractivity contribution in [2.24, 2.45) is 17.8 Å². The molecule has 230 valence electrons. The third kappa shape index (κ3) is 5.19. The number of halogens is 2. The first-order chi connectivity index (χ1) is 21.1. The average Bonchev–Trinajstić information content (AvgIpc) is 3.32. The number of nitrogens with two attached hydrogens (primary N) is 1. The molecule has 3 aliphatic rings. The second-order valence-electron chi connectivity index (χ2n) is 11.8. The number of nitrogens with one attached hydrogen (secondary N) is 2. The van der Waals surface area contributed by atoms with Crippen LogP contribution in [0.3, 0.4) is 0 Å². The van der Waals surface area contributed by atoms with Gasteiger partial charge in [-0.3, -0.25) is 9.48 Å². The summed E-state index contributed by atoms with van der Waals surface area (Å²) in [5.41, 5.74) is 8.41. The molecule has 0 spiro atoms. The van der Waals surface area contributed by atoms with Crippen LogP contribution in [0.25, 0.3) is 0 Å². The Kier molecular flexibility index (Phi) is 8.27. The van der Waals surface area contributed by atoms with Gasteiger partial charge in [-0.25, -0.2) is 14.3 Å². The Hall–Kier alpha value is -3.70. The Bertz CT molecular complexity index is 1600. The molecule has 2 atom stereocenters. The quantitative estimate of drug-likeness (QED) is 0.340. The first-order valence-electron chi connectivity index (χ1n) is 14.7. The van der Waals surface area contributed by atoms with E-state index in [2.05, 4.69) is 10.6 Å². The molecule has 10 nitrogen and oxygen atoms in total. The highest BCUT2D eigenvalue weighted by molar-refractivity contribution is 6.32. The zero-order chi connectivity index (χ0) is 31.1. The van der Waals surface area contributed by atoms with Crippen LogP contribution in [0.2, 0.25) is 10.0 Å². The number of ether oxygens (including phenoxy) is 1. The minimum Gasteiger partial charge on any atom is -0.381 e. The van der Waals surface area contributed by atoms with Crippen LogP contribution < -0.4 is 16.4 Å². The highest BCUT2D eigenvalue weighted by Gasteiger charge is 2.66. The van der Waals surface area contributed by atoms with Crippen molar-refractivity contribution in [3.63, 3.8) is 0 Å². The van der Waals surface area contributed by atoms with E-state index in [1.165, 1.54) is 0 Å². The van der Waals surface area contributed by atoms with E-state index in [-0.39, 0.29) is 31.5 Å². The van der Waals surface area contributed by atoms with Gasteiger partial charge in [0.25, 0.3) is 5.91 Å². The summed E-state index contributed by atoms with van der Waals surface area (Å²) < 4.78 is 6.83. The lowest BCUT2D eigenvalue weighted by molar-refractivity contribution is -0.916. The third-order valence-electron chi connectivity index (χ3n) is 9.07. The number of guanidine groups is 1. The summed E-state index contributed by atoms with van der Waals surface area (Å²) in [6.45, 7) is 3.01. The number of quaternary nitrogens is 1. The number of primary amides is 1. The van der Waals surface area contributed by atoms with Gasteiger partial charge in [0.1, 0.15) is 12.2 Å². The number of carbonyl (C=O) groups is 2. The van der Waals surface area contributed by atoms with Crippen LogP contribution in [0.5, 0.6) is 0 Å². The second kappa shape index (κ2) is 12.0. The van der Waals surface area contributed by atoms with E-state index in [9.17, 15) is 4.79 Å². The number of aryl methyl sites for hydroxylation is 2. The Morgan fingerprint density at radius 1 is 1.14 bits per heavy atom. The number of carbonyl (C=O) groups excluding carboxylic acids is 2. The minimum atomic E-state index is -1.25. The number of benzene rings is 2. The highest BCUT2D eigenvalue weighted by Crippen LogP contribution is 2.55. The number of likely N-dealkylation sites (tertiary alicyclic amines) is 1. The molecule has 0 aliphatic carbocycles. The molecule has 44 heavy (non-hydrogen) atoms. The van der Waals surface area contributed by atoms with Gasteiger partial charge in [0, 0.05) is 55.7 Å². The molecule has 1 aromatic heterocycles. The standard InChI is InChI=1S/C32H35Cl2N7O3/c1-20-15-23(39-40(20)2)18-41(19-28(35)42)30(43)29-21(17-36-31(38-29)37-22-11-13-44-14-12-22)16-32(41,24-7-3-5-9-26(24)33)25-8-4-6-10-27(25)34/h3-10,15,17,22,29H,11-14,16,18-19H2,1-2H3,(H3-,35,36,37,38,42)/p+1. The van der Waals surface area contributed by atoms with Crippen molar-refractivity contribution < 1.29 is 18.8 Å². The minimum absolute atomic E-state index is 0.0648. The Morgan fingerprint density at radius 3 is 2.34 bits per heavy atom. The molecule has 12 heteroatoms. The zero-order valence-corrected chi connectivity index (χ0v) is 26.2. The summed E-state index contributed by atoms with van der Waals surface area (Å²) in [4.78, 5) is 33.4. The molecule has 0 bridgehead atoms. The summed E-state index contributed by atoms with van der Waals surface area (Å²) in [6.07, 6.45) is 3.80. The lowest BCUT2D eigenvalue weighted by Gasteiger charge is -2.55. The van der Waals surface area contributed by atoms with Crippen molar-refractivity contribution in [3.05, 3.63) is 98.9 Å². The summed E-state index contributed by atoms with van der Waals surface area (Å²) in [5, 5.41) is 12.3. The van der Waals surface area contributed by atoms with Crippen LogP contribution in [-0.2, 0) is 33.5 Å². The molecule has 4 heterocycles. The molecule has 0 saturated carbocycles. The molecule has 2 amide bonds. The molecule has 4 N–H and O–H groups in total. The van der Waals surface area contributed by atoms with Gasteiger partial charge in [-0.2, -0.15) is 5.10 Å². The fourth-order valence-corrected chi connectivity index (χ4v) is 7.54. The van der Waals surface area contributed by atoms with Gasteiger partial charge in [0.15, 0.2) is 24.1 Å². The number of rotatable bonds is 7. The third-order valence-corrected chi connectivity index (χ3v) is 9.73. The predicted octanol–water partition coefficient (Wildman–Crippen LogP) is 3.69. The molecular weight excluding hydrogens is 601 g/mol. The van der Waals surface area contributed by atoms with Crippen molar-refractivity contribution in [3.8, 4) is 0 Å².